The molecule has 0 unspecified atom stereocenters. The second kappa shape index (κ2) is 5.64. The average molecular weight is 262 g/mol. The highest BCUT2D eigenvalue weighted by Gasteiger charge is 2.36. The Morgan fingerprint density at radius 1 is 1.26 bits per heavy atom. The Bertz CT molecular complexity index is 431. The quantitative estimate of drug-likeness (QED) is 0.463. The Balaban J connectivity index is 2.24. The Labute approximate surface area is 114 Å². The minimum atomic E-state index is -0.928. The molecule has 0 aromatic rings. The van der Waals surface area contributed by atoms with Crippen LogP contribution in [0.25, 0.3) is 0 Å². The van der Waals surface area contributed by atoms with Gasteiger partial charge in [-0.15, -0.1) is 0 Å². The lowest BCUT2D eigenvalue weighted by Crippen LogP contribution is -2.31. The highest BCUT2D eigenvalue weighted by Crippen LogP contribution is 2.41. The molecule has 0 spiro atoms. The monoisotopic (exact) mass is 262 g/mol. The number of hydrogen-bond donors (Lipinski definition) is 1. The molecule has 3 nitrogen and oxygen atoms in total. The van der Waals surface area contributed by atoms with Crippen molar-refractivity contribution in [3.05, 3.63) is 35.1 Å². The van der Waals surface area contributed by atoms with Crippen molar-refractivity contribution >= 4 is 5.97 Å². The van der Waals surface area contributed by atoms with Crippen LogP contribution in [-0.2, 0) is 9.53 Å². The molecular weight excluding hydrogens is 240 g/mol. The fraction of sp³-hybridized carbons (Fsp3) is 0.562. The first-order chi connectivity index (χ1) is 9.04. The molecule has 3 heteroatoms. The SMILES string of the molecule is C/C(=C\OC(C)(C1=CCCC1)C1=CCCC1)C(=O)O. The van der Waals surface area contributed by atoms with E-state index in [4.69, 9.17) is 9.84 Å². The smallest absolute Gasteiger partial charge is 0.334 e. The largest absolute Gasteiger partial charge is 0.486 e. The van der Waals surface area contributed by atoms with E-state index in [-0.39, 0.29) is 5.57 Å². The van der Waals surface area contributed by atoms with Gasteiger partial charge in [-0.1, -0.05) is 12.2 Å². The predicted octanol–water partition coefficient (Wildman–Crippen LogP) is 3.97. The number of carbonyl (C=O) groups is 1. The van der Waals surface area contributed by atoms with Gasteiger partial charge in [0.25, 0.3) is 0 Å². The molecule has 0 heterocycles. The molecule has 0 aromatic carbocycles. The standard InChI is InChI=1S/C16H22O3/c1-12(15(17)18)11-19-16(2,13-7-3-4-8-13)14-9-5-6-10-14/h7,9,11H,3-6,8,10H2,1-2H3,(H,17,18)/b12-11+. The Kier molecular flexibility index (Phi) is 4.13. The molecule has 2 rings (SSSR count). The van der Waals surface area contributed by atoms with Crippen LogP contribution >= 0.6 is 0 Å². The maximum absolute atomic E-state index is 10.9. The van der Waals surface area contributed by atoms with Crippen molar-refractivity contribution in [3.63, 3.8) is 0 Å². The summed E-state index contributed by atoms with van der Waals surface area (Å²) in [5.74, 6) is -0.928. The van der Waals surface area contributed by atoms with Crippen molar-refractivity contribution in [2.45, 2.75) is 58.0 Å². The van der Waals surface area contributed by atoms with Crippen LogP contribution in [0, 0.1) is 0 Å². The van der Waals surface area contributed by atoms with Crippen molar-refractivity contribution < 1.29 is 14.6 Å². The lowest BCUT2D eigenvalue weighted by Gasteiger charge is -2.32. The van der Waals surface area contributed by atoms with Crippen LogP contribution in [0.1, 0.15) is 52.4 Å². The van der Waals surface area contributed by atoms with E-state index in [0.29, 0.717) is 0 Å². The molecule has 0 fully saturated rings. The van der Waals surface area contributed by atoms with Gasteiger partial charge in [0.05, 0.1) is 11.8 Å². The fourth-order valence-electron chi connectivity index (χ4n) is 2.82. The zero-order chi connectivity index (χ0) is 13.9. The van der Waals surface area contributed by atoms with Gasteiger partial charge < -0.3 is 9.84 Å². The molecule has 104 valence electrons. The zero-order valence-electron chi connectivity index (χ0n) is 11.7. The number of aliphatic carboxylic acids is 1. The topological polar surface area (TPSA) is 46.5 Å². The highest BCUT2D eigenvalue weighted by molar-refractivity contribution is 5.85. The summed E-state index contributed by atoms with van der Waals surface area (Å²) in [5, 5.41) is 8.93. The summed E-state index contributed by atoms with van der Waals surface area (Å²) in [6.07, 6.45) is 12.5. The van der Waals surface area contributed by atoms with Gasteiger partial charge in [0.1, 0.15) is 5.60 Å². The Hall–Kier alpha value is -1.51. The second-order valence-corrected chi connectivity index (χ2v) is 5.50. The van der Waals surface area contributed by atoms with Gasteiger partial charge in [-0.05, 0) is 63.5 Å². The summed E-state index contributed by atoms with van der Waals surface area (Å²) in [7, 11) is 0. The predicted molar refractivity (Wildman–Crippen MR) is 74.8 cm³/mol. The Morgan fingerprint density at radius 2 is 1.79 bits per heavy atom. The second-order valence-electron chi connectivity index (χ2n) is 5.50. The van der Waals surface area contributed by atoms with Gasteiger partial charge in [0.2, 0.25) is 0 Å². The van der Waals surface area contributed by atoms with Crippen LogP contribution in [-0.4, -0.2) is 16.7 Å². The maximum atomic E-state index is 10.9. The van der Waals surface area contributed by atoms with E-state index >= 15 is 0 Å². The molecule has 0 saturated heterocycles. The number of hydrogen-bond acceptors (Lipinski definition) is 2. The molecule has 0 bridgehead atoms. The van der Waals surface area contributed by atoms with Crippen molar-refractivity contribution in [1.29, 1.82) is 0 Å². The van der Waals surface area contributed by atoms with E-state index in [1.807, 2.05) is 0 Å². The van der Waals surface area contributed by atoms with Crippen molar-refractivity contribution in [1.82, 2.24) is 0 Å². The number of carboxylic acid groups (broad SMARTS) is 1. The summed E-state index contributed by atoms with van der Waals surface area (Å²) >= 11 is 0. The molecule has 0 radical (unpaired) electrons. The lowest BCUT2D eigenvalue weighted by molar-refractivity contribution is -0.132. The minimum Gasteiger partial charge on any atom is -0.486 e. The summed E-state index contributed by atoms with van der Waals surface area (Å²) in [6.45, 7) is 3.64. The summed E-state index contributed by atoms with van der Waals surface area (Å²) in [5.41, 5.74) is 2.40. The van der Waals surface area contributed by atoms with E-state index in [1.54, 1.807) is 6.92 Å². The van der Waals surface area contributed by atoms with Gasteiger partial charge in [-0.3, -0.25) is 0 Å². The van der Waals surface area contributed by atoms with Crippen LogP contribution in [0.3, 0.4) is 0 Å². The van der Waals surface area contributed by atoms with Crippen LogP contribution in [0.4, 0.5) is 0 Å². The van der Waals surface area contributed by atoms with E-state index in [9.17, 15) is 4.79 Å². The fourth-order valence-corrected chi connectivity index (χ4v) is 2.82. The third kappa shape index (κ3) is 2.91. The third-order valence-electron chi connectivity index (χ3n) is 4.12. The molecule has 0 aromatic heterocycles. The normalized spacial score (nSPS) is 20.2. The van der Waals surface area contributed by atoms with Crippen molar-refractivity contribution in [2.75, 3.05) is 0 Å². The molecular formula is C16H22O3. The van der Waals surface area contributed by atoms with Crippen molar-refractivity contribution in [2.24, 2.45) is 0 Å². The van der Waals surface area contributed by atoms with Crippen LogP contribution in [0.5, 0.6) is 0 Å². The molecule has 2 aliphatic carbocycles. The molecule has 0 saturated carbocycles. The maximum Gasteiger partial charge on any atom is 0.334 e. The van der Waals surface area contributed by atoms with Gasteiger partial charge in [-0.25, -0.2) is 4.79 Å². The number of carboxylic acids is 1. The molecule has 0 atom stereocenters. The number of allylic oxidation sites excluding steroid dienone is 2. The van der Waals surface area contributed by atoms with E-state index in [0.717, 1.165) is 25.7 Å². The number of rotatable bonds is 5. The molecule has 0 amide bonds. The Morgan fingerprint density at radius 3 is 2.16 bits per heavy atom. The highest BCUT2D eigenvalue weighted by atomic mass is 16.5. The first-order valence-corrected chi connectivity index (χ1v) is 7.01. The minimum absolute atomic E-state index is 0.239. The van der Waals surface area contributed by atoms with Crippen LogP contribution in [0.2, 0.25) is 0 Å². The van der Waals surface area contributed by atoms with Gasteiger partial charge >= 0.3 is 5.97 Å². The summed E-state index contributed by atoms with van der Waals surface area (Å²) in [4.78, 5) is 10.9. The third-order valence-corrected chi connectivity index (χ3v) is 4.12. The van der Waals surface area contributed by atoms with E-state index in [1.165, 1.54) is 30.2 Å². The van der Waals surface area contributed by atoms with Crippen molar-refractivity contribution in [3.8, 4) is 0 Å². The molecule has 19 heavy (non-hydrogen) atoms. The van der Waals surface area contributed by atoms with Gasteiger partial charge in [-0.2, -0.15) is 0 Å². The lowest BCUT2D eigenvalue weighted by atomic mass is 9.86. The van der Waals surface area contributed by atoms with Crippen LogP contribution in [0.15, 0.2) is 35.1 Å². The van der Waals surface area contributed by atoms with E-state index < -0.39 is 11.6 Å². The summed E-state index contributed by atoms with van der Waals surface area (Å²) < 4.78 is 5.94. The van der Waals surface area contributed by atoms with Crippen LogP contribution < -0.4 is 0 Å². The zero-order valence-corrected chi connectivity index (χ0v) is 11.7. The molecule has 2 aliphatic rings. The number of ether oxygens (including phenoxy) is 1. The molecule has 1 N–H and O–H groups in total. The van der Waals surface area contributed by atoms with Gasteiger partial charge in [0, 0.05) is 0 Å². The van der Waals surface area contributed by atoms with Gasteiger partial charge in [0.15, 0.2) is 0 Å². The first-order valence-electron chi connectivity index (χ1n) is 7.01. The van der Waals surface area contributed by atoms with E-state index in [2.05, 4.69) is 19.1 Å². The molecule has 0 aliphatic heterocycles. The summed E-state index contributed by atoms with van der Waals surface area (Å²) in [6, 6.07) is 0. The average Bonchev–Trinajstić information content (AvgIpc) is 3.06. The first kappa shape index (κ1) is 13.9.